The van der Waals surface area contributed by atoms with Gasteiger partial charge >= 0.3 is 0 Å². The molecule has 1 rings (SSSR count). The summed E-state index contributed by atoms with van der Waals surface area (Å²) in [6.45, 7) is 4.15. The molecule has 1 aromatic heterocycles. The van der Waals surface area contributed by atoms with Crippen LogP contribution in [0.15, 0.2) is 12.4 Å². The molecule has 0 aromatic carbocycles. The molecule has 0 spiro atoms. The maximum atomic E-state index is 11.3. The maximum Gasteiger partial charge on any atom is 0.271 e. The second-order valence-corrected chi connectivity index (χ2v) is 3.22. The molecule has 1 amide bonds. The van der Waals surface area contributed by atoms with Gasteiger partial charge in [-0.2, -0.15) is 0 Å². The highest BCUT2D eigenvalue weighted by molar-refractivity contribution is 5.91. The lowest BCUT2D eigenvalue weighted by Gasteiger charge is -2.07. The lowest BCUT2D eigenvalue weighted by molar-refractivity contribution is 0.0957. The maximum absolute atomic E-state index is 11.3. The topological polar surface area (TPSA) is 54.9 Å². The van der Waals surface area contributed by atoms with Gasteiger partial charge in [-0.05, 0) is 12.3 Å². The normalized spacial score (nSPS) is 12.2. The van der Waals surface area contributed by atoms with Crippen LogP contribution in [0.3, 0.4) is 0 Å². The van der Waals surface area contributed by atoms with Gasteiger partial charge in [0.1, 0.15) is 5.69 Å². The van der Waals surface area contributed by atoms with Gasteiger partial charge in [-0.15, -0.1) is 0 Å². The smallest absolute Gasteiger partial charge is 0.271 e. The Morgan fingerprint density at radius 3 is 2.93 bits per heavy atom. The molecule has 1 N–H and O–H groups in total. The van der Waals surface area contributed by atoms with Crippen LogP contribution in [-0.4, -0.2) is 22.9 Å². The third-order valence-corrected chi connectivity index (χ3v) is 2.23. The van der Waals surface area contributed by atoms with E-state index in [0.717, 1.165) is 12.1 Å². The Balaban J connectivity index is 0.00000196. The van der Waals surface area contributed by atoms with Gasteiger partial charge in [-0.3, -0.25) is 9.78 Å². The molecule has 1 aromatic rings. The molecular weight excluding hydrogens is 178 g/mol. The second-order valence-electron chi connectivity index (χ2n) is 3.22. The van der Waals surface area contributed by atoms with Crippen LogP contribution in [0.1, 0.15) is 43.8 Å². The highest BCUT2D eigenvalue weighted by Gasteiger charge is 2.09. The summed E-state index contributed by atoms with van der Waals surface area (Å²) in [6.07, 6.45) is 4.18. The summed E-state index contributed by atoms with van der Waals surface area (Å²) in [7, 11) is 1.58. The zero-order valence-electron chi connectivity index (χ0n) is 8.74. The van der Waals surface area contributed by atoms with Crippen molar-refractivity contribution in [3.8, 4) is 0 Å². The summed E-state index contributed by atoms with van der Waals surface area (Å²) >= 11 is 0. The lowest BCUT2D eigenvalue weighted by Crippen LogP contribution is -2.20. The first kappa shape index (κ1) is 10.6. The molecule has 0 aliphatic rings. The van der Waals surface area contributed by atoms with Crippen molar-refractivity contribution in [3.63, 3.8) is 0 Å². The number of rotatable bonds is 3. The molecule has 0 aliphatic heterocycles. The Labute approximate surface area is 85.3 Å². The number of nitrogens with zero attached hydrogens (tertiary/aromatic N) is 2. The molecule has 0 aliphatic carbocycles. The SMILES string of the molecule is CCC(C)c1cncc(C(=O)NC)n1.[HH]. The van der Waals surface area contributed by atoms with E-state index in [0.29, 0.717) is 11.6 Å². The molecule has 0 fully saturated rings. The molecule has 0 radical (unpaired) electrons. The molecule has 0 bridgehead atoms. The van der Waals surface area contributed by atoms with Crippen molar-refractivity contribution in [2.24, 2.45) is 0 Å². The molecule has 4 heteroatoms. The van der Waals surface area contributed by atoms with Crippen LogP contribution in [0.5, 0.6) is 0 Å². The molecular formula is C10H17N3O. The van der Waals surface area contributed by atoms with Crippen LogP contribution >= 0.6 is 0 Å². The van der Waals surface area contributed by atoms with Crippen LogP contribution in [0.25, 0.3) is 0 Å². The molecule has 4 nitrogen and oxygen atoms in total. The number of hydrogen-bond acceptors (Lipinski definition) is 3. The molecule has 0 saturated carbocycles. The number of hydrogen-bond donors (Lipinski definition) is 1. The molecule has 1 atom stereocenters. The largest absolute Gasteiger partial charge is 0.354 e. The second kappa shape index (κ2) is 4.69. The van der Waals surface area contributed by atoms with E-state index in [1.807, 2.05) is 0 Å². The number of amides is 1. The Hall–Kier alpha value is -1.45. The Kier molecular flexibility index (Phi) is 3.56. The van der Waals surface area contributed by atoms with E-state index < -0.39 is 0 Å². The van der Waals surface area contributed by atoms with Gasteiger partial charge in [0.2, 0.25) is 0 Å². The number of nitrogens with one attached hydrogen (secondary N) is 1. The van der Waals surface area contributed by atoms with Gasteiger partial charge in [0.05, 0.1) is 11.9 Å². The van der Waals surface area contributed by atoms with Crippen molar-refractivity contribution in [1.82, 2.24) is 15.3 Å². The third kappa shape index (κ3) is 2.28. The minimum atomic E-state index is -0.192. The standard InChI is InChI=1S/C10H15N3O.H2/c1-4-7(2)8-5-12-6-9(13-8)10(14)11-3;/h5-7H,4H2,1-3H3,(H,11,14);1H. The fourth-order valence-corrected chi connectivity index (χ4v) is 1.07. The summed E-state index contributed by atoms with van der Waals surface area (Å²) < 4.78 is 0. The van der Waals surface area contributed by atoms with Crippen molar-refractivity contribution in [2.75, 3.05) is 7.05 Å². The Morgan fingerprint density at radius 2 is 2.36 bits per heavy atom. The van der Waals surface area contributed by atoms with E-state index >= 15 is 0 Å². The van der Waals surface area contributed by atoms with E-state index in [-0.39, 0.29) is 7.33 Å². The van der Waals surface area contributed by atoms with Crippen LogP contribution in [0, 0.1) is 0 Å². The molecule has 1 unspecified atom stereocenters. The number of aromatic nitrogens is 2. The average Bonchev–Trinajstić information content (AvgIpc) is 2.27. The van der Waals surface area contributed by atoms with Crippen molar-refractivity contribution < 1.29 is 6.22 Å². The van der Waals surface area contributed by atoms with Crippen molar-refractivity contribution in [1.29, 1.82) is 0 Å². The van der Waals surface area contributed by atoms with Crippen LogP contribution in [0.2, 0.25) is 0 Å². The van der Waals surface area contributed by atoms with Gasteiger partial charge in [-0.1, -0.05) is 13.8 Å². The minimum Gasteiger partial charge on any atom is -0.354 e. The first-order chi connectivity index (χ1) is 6.69. The summed E-state index contributed by atoms with van der Waals surface area (Å²) in [5, 5.41) is 2.52. The van der Waals surface area contributed by atoms with E-state index in [1.54, 1.807) is 13.2 Å². The monoisotopic (exact) mass is 195 g/mol. The van der Waals surface area contributed by atoms with E-state index in [2.05, 4.69) is 29.1 Å². The van der Waals surface area contributed by atoms with Gasteiger partial charge in [0.15, 0.2) is 0 Å². The Bertz CT molecular complexity index is 330. The molecule has 78 valence electrons. The van der Waals surface area contributed by atoms with Crippen LogP contribution in [-0.2, 0) is 0 Å². The van der Waals surface area contributed by atoms with Gasteiger partial charge in [0.25, 0.3) is 5.91 Å². The predicted molar refractivity (Wildman–Crippen MR) is 56.2 cm³/mol. The first-order valence-corrected chi connectivity index (χ1v) is 4.73. The van der Waals surface area contributed by atoms with Crippen LogP contribution < -0.4 is 5.32 Å². The molecule has 1 heterocycles. The molecule has 14 heavy (non-hydrogen) atoms. The van der Waals surface area contributed by atoms with E-state index in [4.69, 9.17) is 0 Å². The van der Waals surface area contributed by atoms with Gasteiger partial charge < -0.3 is 5.32 Å². The lowest BCUT2D eigenvalue weighted by atomic mass is 10.1. The van der Waals surface area contributed by atoms with Gasteiger partial charge in [-0.25, -0.2) is 4.98 Å². The Morgan fingerprint density at radius 1 is 1.64 bits per heavy atom. The summed E-state index contributed by atoms with van der Waals surface area (Å²) in [4.78, 5) is 19.5. The zero-order valence-corrected chi connectivity index (χ0v) is 8.74. The predicted octanol–water partition coefficient (Wildman–Crippen LogP) is 1.60. The fourth-order valence-electron chi connectivity index (χ4n) is 1.07. The quantitative estimate of drug-likeness (QED) is 0.797. The summed E-state index contributed by atoms with van der Waals surface area (Å²) in [6, 6.07) is 0. The molecule has 0 saturated heterocycles. The zero-order chi connectivity index (χ0) is 10.6. The average molecular weight is 195 g/mol. The van der Waals surface area contributed by atoms with E-state index in [1.165, 1.54) is 6.20 Å². The number of carbonyl (C=O) groups is 1. The number of carbonyl (C=O) groups excluding carboxylic acids is 1. The van der Waals surface area contributed by atoms with Crippen LogP contribution in [0.4, 0.5) is 0 Å². The third-order valence-electron chi connectivity index (χ3n) is 2.23. The van der Waals surface area contributed by atoms with E-state index in [9.17, 15) is 4.79 Å². The van der Waals surface area contributed by atoms with Gasteiger partial charge in [0, 0.05) is 14.7 Å². The summed E-state index contributed by atoms with van der Waals surface area (Å²) in [5.74, 6) is 0.148. The first-order valence-electron chi connectivity index (χ1n) is 4.73. The highest BCUT2D eigenvalue weighted by Crippen LogP contribution is 2.14. The van der Waals surface area contributed by atoms with Crippen molar-refractivity contribution >= 4 is 5.91 Å². The fraction of sp³-hybridized carbons (Fsp3) is 0.500. The highest BCUT2D eigenvalue weighted by atomic mass is 16.1. The minimum absolute atomic E-state index is 0. The summed E-state index contributed by atoms with van der Waals surface area (Å²) in [5.41, 5.74) is 1.25. The van der Waals surface area contributed by atoms with Crippen molar-refractivity contribution in [3.05, 3.63) is 23.8 Å². The van der Waals surface area contributed by atoms with Crippen molar-refractivity contribution in [2.45, 2.75) is 26.2 Å².